The molecule has 0 fully saturated rings. The Morgan fingerprint density at radius 1 is 1.43 bits per heavy atom. The molecule has 0 saturated heterocycles. The predicted molar refractivity (Wildman–Crippen MR) is 65.6 cm³/mol. The minimum atomic E-state index is 0.155. The summed E-state index contributed by atoms with van der Waals surface area (Å²) in [5, 5.41) is 3.37. The van der Waals surface area contributed by atoms with Gasteiger partial charge in [-0.1, -0.05) is 31.9 Å². The average molecular weight is 197 g/mol. The highest BCUT2D eigenvalue weighted by atomic mass is 14.9. The molecular weight excluding hydrogens is 170 g/mol. The second kappa shape index (κ2) is 6.23. The van der Waals surface area contributed by atoms with E-state index >= 15 is 0 Å². The van der Waals surface area contributed by atoms with E-state index in [2.05, 4.69) is 46.0 Å². The molecule has 0 heterocycles. The SMILES string of the molecule is C/C=C(\CCC(C)CC)C(C)(C)NC. The Hall–Kier alpha value is -0.300. The van der Waals surface area contributed by atoms with Gasteiger partial charge in [-0.3, -0.25) is 0 Å². The summed E-state index contributed by atoms with van der Waals surface area (Å²) >= 11 is 0. The number of likely N-dealkylation sites (N-methyl/N-ethyl adjacent to an activating group) is 1. The first-order valence-corrected chi connectivity index (χ1v) is 5.82. The van der Waals surface area contributed by atoms with E-state index in [1.165, 1.54) is 24.8 Å². The highest BCUT2D eigenvalue weighted by molar-refractivity contribution is 5.16. The molecule has 1 unspecified atom stereocenters. The van der Waals surface area contributed by atoms with Crippen LogP contribution in [0.4, 0.5) is 0 Å². The number of hydrogen-bond donors (Lipinski definition) is 1. The summed E-state index contributed by atoms with van der Waals surface area (Å²) < 4.78 is 0. The van der Waals surface area contributed by atoms with Crippen LogP contribution in [0.3, 0.4) is 0 Å². The van der Waals surface area contributed by atoms with Crippen molar-refractivity contribution in [1.29, 1.82) is 0 Å². The van der Waals surface area contributed by atoms with E-state index in [0.29, 0.717) is 0 Å². The van der Waals surface area contributed by atoms with Gasteiger partial charge >= 0.3 is 0 Å². The molecule has 14 heavy (non-hydrogen) atoms. The molecule has 0 aliphatic carbocycles. The monoisotopic (exact) mass is 197 g/mol. The maximum Gasteiger partial charge on any atom is 0.0333 e. The zero-order valence-corrected chi connectivity index (χ0v) is 10.8. The highest BCUT2D eigenvalue weighted by Crippen LogP contribution is 2.23. The van der Waals surface area contributed by atoms with Gasteiger partial charge in [-0.15, -0.1) is 0 Å². The van der Waals surface area contributed by atoms with Gasteiger partial charge in [0.1, 0.15) is 0 Å². The average Bonchev–Trinajstić information content (AvgIpc) is 2.18. The van der Waals surface area contributed by atoms with Crippen LogP contribution in [0.25, 0.3) is 0 Å². The molecule has 0 spiro atoms. The zero-order chi connectivity index (χ0) is 11.2. The summed E-state index contributed by atoms with van der Waals surface area (Å²) in [5.41, 5.74) is 1.68. The summed E-state index contributed by atoms with van der Waals surface area (Å²) in [6.07, 6.45) is 6.08. The lowest BCUT2D eigenvalue weighted by Crippen LogP contribution is -2.38. The van der Waals surface area contributed by atoms with Gasteiger partial charge in [0.05, 0.1) is 0 Å². The fourth-order valence-electron chi connectivity index (χ4n) is 1.58. The minimum Gasteiger partial charge on any atom is -0.311 e. The lowest BCUT2D eigenvalue weighted by molar-refractivity contribution is 0.445. The van der Waals surface area contributed by atoms with Crippen LogP contribution in [0, 0.1) is 5.92 Å². The first-order valence-electron chi connectivity index (χ1n) is 5.82. The third-order valence-electron chi connectivity index (χ3n) is 3.38. The normalized spacial score (nSPS) is 15.7. The molecule has 0 saturated carbocycles. The summed E-state index contributed by atoms with van der Waals surface area (Å²) in [6.45, 7) is 11.2. The molecule has 1 N–H and O–H groups in total. The van der Waals surface area contributed by atoms with E-state index < -0.39 is 0 Å². The van der Waals surface area contributed by atoms with Gasteiger partial charge in [-0.05, 0) is 46.6 Å². The first-order chi connectivity index (χ1) is 6.47. The number of nitrogens with one attached hydrogen (secondary N) is 1. The Bertz CT molecular complexity index is 180. The van der Waals surface area contributed by atoms with Crippen LogP contribution < -0.4 is 5.32 Å². The van der Waals surface area contributed by atoms with Crippen molar-refractivity contribution in [1.82, 2.24) is 5.32 Å². The third kappa shape index (κ3) is 4.28. The fourth-order valence-corrected chi connectivity index (χ4v) is 1.58. The van der Waals surface area contributed by atoms with Crippen molar-refractivity contribution in [2.45, 2.75) is 59.4 Å². The number of rotatable bonds is 6. The number of allylic oxidation sites excluding steroid dienone is 1. The summed E-state index contributed by atoms with van der Waals surface area (Å²) in [7, 11) is 2.03. The third-order valence-corrected chi connectivity index (χ3v) is 3.38. The van der Waals surface area contributed by atoms with Gasteiger partial charge in [0.25, 0.3) is 0 Å². The minimum absolute atomic E-state index is 0.155. The molecule has 0 aromatic heterocycles. The fraction of sp³-hybridized carbons (Fsp3) is 0.846. The second-order valence-electron chi connectivity index (χ2n) is 4.74. The number of hydrogen-bond acceptors (Lipinski definition) is 1. The van der Waals surface area contributed by atoms with Gasteiger partial charge in [-0.2, -0.15) is 0 Å². The van der Waals surface area contributed by atoms with E-state index in [0.717, 1.165) is 5.92 Å². The molecular formula is C13H27N. The Morgan fingerprint density at radius 3 is 2.36 bits per heavy atom. The van der Waals surface area contributed by atoms with Crippen molar-refractivity contribution in [3.8, 4) is 0 Å². The molecule has 0 aliphatic rings. The Balaban J connectivity index is 4.19. The molecule has 0 rings (SSSR count). The maximum absolute atomic E-state index is 3.37. The largest absolute Gasteiger partial charge is 0.311 e. The van der Waals surface area contributed by atoms with Crippen molar-refractivity contribution in [2.24, 2.45) is 5.92 Å². The second-order valence-corrected chi connectivity index (χ2v) is 4.74. The van der Waals surface area contributed by atoms with Crippen LogP contribution in [0.2, 0.25) is 0 Å². The topological polar surface area (TPSA) is 12.0 Å². The molecule has 84 valence electrons. The summed E-state index contributed by atoms with van der Waals surface area (Å²) in [5.74, 6) is 0.845. The van der Waals surface area contributed by atoms with Gasteiger partial charge < -0.3 is 5.32 Å². The molecule has 0 aromatic rings. The molecule has 1 atom stereocenters. The van der Waals surface area contributed by atoms with E-state index in [1.807, 2.05) is 7.05 Å². The van der Waals surface area contributed by atoms with Crippen LogP contribution in [0.1, 0.15) is 53.9 Å². The van der Waals surface area contributed by atoms with Crippen LogP contribution in [0.15, 0.2) is 11.6 Å². The summed E-state index contributed by atoms with van der Waals surface area (Å²) in [4.78, 5) is 0. The van der Waals surface area contributed by atoms with Crippen molar-refractivity contribution >= 4 is 0 Å². The van der Waals surface area contributed by atoms with Crippen molar-refractivity contribution < 1.29 is 0 Å². The molecule has 0 amide bonds. The smallest absolute Gasteiger partial charge is 0.0333 e. The lowest BCUT2D eigenvalue weighted by atomic mass is 9.87. The lowest BCUT2D eigenvalue weighted by Gasteiger charge is -2.28. The molecule has 1 nitrogen and oxygen atoms in total. The molecule has 0 aromatic carbocycles. The van der Waals surface area contributed by atoms with Gasteiger partial charge in [0, 0.05) is 5.54 Å². The van der Waals surface area contributed by atoms with E-state index in [9.17, 15) is 0 Å². The standard InChI is InChI=1S/C13H27N/c1-7-11(3)9-10-12(8-2)13(4,5)14-6/h8,11,14H,7,9-10H2,1-6H3/b12-8+. The van der Waals surface area contributed by atoms with E-state index in [1.54, 1.807) is 0 Å². The van der Waals surface area contributed by atoms with Crippen LogP contribution >= 0.6 is 0 Å². The van der Waals surface area contributed by atoms with E-state index in [4.69, 9.17) is 0 Å². The van der Waals surface area contributed by atoms with Gasteiger partial charge in [0.15, 0.2) is 0 Å². The van der Waals surface area contributed by atoms with Crippen molar-refractivity contribution in [3.05, 3.63) is 11.6 Å². The van der Waals surface area contributed by atoms with Crippen molar-refractivity contribution in [2.75, 3.05) is 7.05 Å². The summed E-state index contributed by atoms with van der Waals surface area (Å²) in [6, 6.07) is 0. The molecule has 0 radical (unpaired) electrons. The quantitative estimate of drug-likeness (QED) is 0.639. The van der Waals surface area contributed by atoms with Crippen LogP contribution in [-0.4, -0.2) is 12.6 Å². The van der Waals surface area contributed by atoms with Crippen molar-refractivity contribution in [3.63, 3.8) is 0 Å². The Morgan fingerprint density at radius 2 is 2.00 bits per heavy atom. The van der Waals surface area contributed by atoms with Gasteiger partial charge in [-0.25, -0.2) is 0 Å². The maximum atomic E-state index is 3.37. The molecule has 0 bridgehead atoms. The van der Waals surface area contributed by atoms with Crippen LogP contribution in [-0.2, 0) is 0 Å². The molecule has 1 heteroatoms. The Kier molecular flexibility index (Phi) is 6.10. The zero-order valence-electron chi connectivity index (χ0n) is 10.8. The van der Waals surface area contributed by atoms with Crippen LogP contribution in [0.5, 0.6) is 0 Å². The Labute approximate surface area is 90.0 Å². The first kappa shape index (κ1) is 13.7. The van der Waals surface area contributed by atoms with Gasteiger partial charge in [0.2, 0.25) is 0 Å². The predicted octanol–water partition coefficient (Wildman–Crippen LogP) is 3.76. The van der Waals surface area contributed by atoms with E-state index in [-0.39, 0.29) is 5.54 Å². The highest BCUT2D eigenvalue weighted by Gasteiger charge is 2.19. The molecule has 0 aliphatic heterocycles.